The van der Waals surface area contributed by atoms with Crippen molar-refractivity contribution in [2.75, 3.05) is 13.1 Å². The third-order valence-corrected chi connectivity index (χ3v) is 3.01. The van der Waals surface area contributed by atoms with E-state index in [1.165, 1.54) is 6.42 Å². The third-order valence-electron chi connectivity index (χ3n) is 3.01. The molecule has 1 amide bonds. The maximum absolute atomic E-state index is 11.8. The van der Waals surface area contributed by atoms with Crippen LogP contribution >= 0.6 is 0 Å². The second kappa shape index (κ2) is 4.78. The van der Waals surface area contributed by atoms with E-state index in [0.717, 1.165) is 19.5 Å². The lowest BCUT2D eigenvalue weighted by Gasteiger charge is -2.35. The minimum atomic E-state index is 0.113. The summed E-state index contributed by atoms with van der Waals surface area (Å²) in [5, 5.41) is 0. The van der Waals surface area contributed by atoms with Gasteiger partial charge in [0.05, 0.1) is 0 Å². The molecule has 1 saturated heterocycles. The SMILES string of the molecule is CC(C)C(=O)N1CCCC(C(C)N)C1. The van der Waals surface area contributed by atoms with E-state index in [1.807, 2.05) is 25.7 Å². The minimum absolute atomic E-state index is 0.113. The van der Waals surface area contributed by atoms with Gasteiger partial charge in [-0.05, 0) is 25.7 Å². The average molecular weight is 198 g/mol. The van der Waals surface area contributed by atoms with Crippen molar-refractivity contribution >= 4 is 5.91 Å². The van der Waals surface area contributed by atoms with Crippen LogP contribution in [-0.4, -0.2) is 29.9 Å². The predicted octanol–water partition coefficient (Wildman–Crippen LogP) is 1.23. The molecule has 0 saturated carbocycles. The lowest BCUT2D eigenvalue weighted by atomic mass is 9.91. The Hall–Kier alpha value is -0.570. The van der Waals surface area contributed by atoms with Gasteiger partial charge in [0.2, 0.25) is 5.91 Å². The van der Waals surface area contributed by atoms with Crippen LogP contribution in [0.2, 0.25) is 0 Å². The highest BCUT2D eigenvalue weighted by Gasteiger charge is 2.26. The zero-order chi connectivity index (χ0) is 10.7. The summed E-state index contributed by atoms with van der Waals surface area (Å²) in [7, 11) is 0. The Labute approximate surface area is 86.6 Å². The molecule has 2 atom stereocenters. The molecule has 1 heterocycles. The first-order chi connectivity index (χ1) is 6.52. The maximum Gasteiger partial charge on any atom is 0.225 e. The molecule has 2 unspecified atom stereocenters. The van der Waals surface area contributed by atoms with E-state index in [-0.39, 0.29) is 17.9 Å². The van der Waals surface area contributed by atoms with E-state index in [4.69, 9.17) is 5.73 Å². The first-order valence-electron chi connectivity index (χ1n) is 5.56. The first-order valence-corrected chi connectivity index (χ1v) is 5.56. The standard InChI is InChI=1S/C11H22N2O/c1-8(2)11(14)13-6-4-5-10(7-13)9(3)12/h8-10H,4-7,12H2,1-3H3. The average Bonchev–Trinajstić information content (AvgIpc) is 2.16. The summed E-state index contributed by atoms with van der Waals surface area (Å²) in [5.41, 5.74) is 5.87. The fourth-order valence-corrected chi connectivity index (χ4v) is 2.00. The molecule has 0 radical (unpaired) electrons. The number of likely N-dealkylation sites (tertiary alicyclic amines) is 1. The first kappa shape index (κ1) is 11.5. The van der Waals surface area contributed by atoms with Gasteiger partial charge in [-0.15, -0.1) is 0 Å². The van der Waals surface area contributed by atoms with Gasteiger partial charge in [-0.25, -0.2) is 0 Å². The highest BCUT2D eigenvalue weighted by Crippen LogP contribution is 2.20. The Kier molecular flexibility index (Phi) is 3.93. The molecule has 0 aliphatic carbocycles. The van der Waals surface area contributed by atoms with Crippen LogP contribution in [0.15, 0.2) is 0 Å². The normalized spacial score (nSPS) is 25.2. The highest BCUT2D eigenvalue weighted by molar-refractivity contribution is 5.78. The molecule has 0 aromatic heterocycles. The summed E-state index contributed by atoms with van der Waals surface area (Å²) >= 11 is 0. The van der Waals surface area contributed by atoms with Gasteiger partial charge in [0.1, 0.15) is 0 Å². The fourth-order valence-electron chi connectivity index (χ4n) is 2.00. The number of nitrogens with two attached hydrogens (primary N) is 1. The summed E-state index contributed by atoms with van der Waals surface area (Å²) in [6.45, 7) is 7.72. The van der Waals surface area contributed by atoms with Gasteiger partial charge in [-0.3, -0.25) is 4.79 Å². The number of hydrogen-bond acceptors (Lipinski definition) is 2. The van der Waals surface area contributed by atoms with Crippen molar-refractivity contribution in [1.29, 1.82) is 0 Å². The summed E-state index contributed by atoms with van der Waals surface area (Å²) in [6, 6.07) is 0.206. The van der Waals surface area contributed by atoms with Gasteiger partial charge in [0.25, 0.3) is 0 Å². The number of carbonyl (C=O) groups is 1. The Bertz CT molecular complexity index is 201. The minimum Gasteiger partial charge on any atom is -0.342 e. The fraction of sp³-hybridized carbons (Fsp3) is 0.909. The van der Waals surface area contributed by atoms with Crippen LogP contribution in [0.4, 0.5) is 0 Å². The monoisotopic (exact) mass is 198 g/mol. The number of amides is 1. The quantitative estimate of drug-likeness (QED) is 0.725. The molecule has 1 rings (SSSR count). The molecule has 1 aliphatic heterocycles. The summed E-state index contributed by atoms with van der Waals surface area (Å²) < 4.78 is 0. The zero-order valence-electron chi connectivity index (χ0n) is 9.49. The van der Waals surface area contributed by atoms with Crippen molar-refractivity contribution in [1.82, 2.24) is 4.90 Å². The van der Waals surface area contributed by atoms with Crippen LogP contribution < -0.4 is 5.73 Å². The highest BCUT2D eigenvalue weighted by atomic mass is 16.2. The molecular weight excluding hydrogens is 176 g/mol. The molecule has 2 N–H and O–H groups in total. The van der Waals surface area contributed by atoms with E-state index in [0.29, 0.717) is 5.92 Å². The van der Waals surface area contributed by atoms with E-state index >= 15 is 0 Å². The van der Waals surface area contributed by atoms with Crippen LogP contribution in [0.1, 0.15) is 33.6 Å². The molecule has 0 spiro atoms. The molecule has 1 aliphatic rings. The number of carbonyl (C=O) groups excluding carboxylic acids is 1. The second-order valence-corrected chi connectivity index (χ2v) is 4.70. The summed E-state index contributed by atoms with van der Waals surface area (Å²) in [6.07, 6.45) is 2.27. The Balaban J connectivity index is 2.51. The Morgan fingerprint density at radius 3 is 2.57 bits per heavy atom. The molecule has 3 heteroatoms. The van der Waals surface area contributed by atoms with Crippen molar-refractivity contribution in [2.45, 2.75) is 39.7 Å². The van der Waals surface area contributed by atoms with Crippen LogP contribution in [0, 0.1) is 11.8 Å². The molecule has 0 bridgehead atoms. The molecule has 0 aromatic rings. The summed E-state index contributed by atoms with van der Waals surface area (Å²) in [5.74, 6) is 0.878. The number of rotatable bonds is 2. The third kappa shape index (κ3) is 2.71. The number of piperidine rings is 1. The molecule has 82 valence electrons. The molecule has 14 heavy (non-hydrogen) atoms. The van der Waals surface area contributed by atoms with E-state index in [1.54, 1.807) is 0 Å². The lowest BCUT2D eigenvalue weighted by Crippen LogP contribution is -2.46. The molecular formula is C11H22N2O. The predicted molar refractivity (Wildman–Crippen MR) is 57.8 cm³/mol. The van der Waals surface area contributed by atoms with Gasteiger partial charge < -0.3 is 10.6 Å². The molecule has 0 aromatic carbocycles. The van der Waals surface area contributed by atoms with Crippen molar-refractivity contribution in [2.24, 2.45) is 17.6 Å². The van der Waals surface area contributed by atoms with Crippen molar-refractivity contribution in [3.05, 3.63) is 0 Å². The smallest absolute Gasteiger partial charge is 0.225 e. The van der Waals surface area contributed by atoms with E-state index in [9.17, 15) is 4.79 Å². The molecule has 3 nitrogen and oxygen atoms in total. The van der Waals surface area contributed by atoms with Crippen LogP contribution in [-0.2, 0) is 4.79 Å². The van der Waals surface area contributed by atoms with E-state index in [2.05, 4.69) is 0 Å². The van der Waals surface area contributed by atoms with Crippen LogP contribution in [0.3, 0.4) is 0 Å². The zero-order valence-corrected chi connectivity index (χ0v) is 9.49. The Morgan fingerprint density at radius 2 is 2.07 bits per heavy atom. The van der Waals surface area contributed by atoms with Gasteiger partial charge in [0.15, 0.2) is 0 Å². The second-order valence-electron chi connectivity index (χ2n) is 4.70. The Morgan fingerprint density at radius 1 is 1.43 bits per heavy atom. The number of nitrogens with zero attached hydrogens (tertiary/aromatic N) is 1. The summed E-state index contributed by atoms with van der Waals surface area (Å²) in [4.78, 5) is 13.7. The van der Waals surface area contributed by atoms with Crippen molar-refractivity contribution in [3.8, 4) is 0 Å². The van der Waals surface area contributed by atoms with Crippen molar-refractivity contribution < 1.29 is 4.79 Å². The maximum atomic E-state index is 11.8. The topological polar surface area (TPSA) is 46.3 Å². The van der Waals surface area contributed by atoms with Crippen LogP contribution in [0.5, 0.6) is 0 Å². The number of hydrogen-bond donors (Lipinski definition) is 1. The van der Waals surface area contributed by atoms with Gasteiger partial charge >= 0.3 is 0 Å². The van der Waals surface area contributed by atoms with Gasteiger partial charge in [0, 0.05) is 25.0 Å². The molecule has 1 fully saturated rings. The van der Waals surface area contributed by atoms with Gasteiger partial charge in [-0.1, -0.05) is 13.8 Å². The van der Waals surface area contributed by atoms with E-state index < -0.39 is 0 Å². The van der Waals surface area contributed by atoms with Crippen molar-refractivity contribution in [3.63, 3.8) is 0 Å². The van der Waals surface area contributed by atoms with Crippen LogP contribution in [0.25, 0.3) is 0 Å². The largest absolute Gasteiger partial charge is 0.342 e. The lowest BCUT2D eigenvalue weighted by molar-refractivity contribution is -0.136. The van der Waals surface area contributed by atoms with Gasteiger partial charge in [-0.2, -0.15) is 0 Å².